The SMILES string of the molecule is COc1cc(/C=C\c2cccc3ccccc23)ncc1C.Cl. The van der Waals surface area contributed by atoms with Crippen LogP contribution >= 0.6 is 12.4 Å². The van der Waals surface area contributed by atoms with E-state index in [0.717, 1.165) is 17.0 Å². The Hall–Kier alpha value is -2.32. The van der Waals surface area contributed by atoms with Crippen LogP contribution in [0.25, 0.3) is 22.9 Å². The van der Waals surface area contributed by atoms with Gasteiger partial charge in [-0.25, -0.2) is 0 Å². The van der Waals surface area contributed by atoms with Crippen LogP contribution in [0.5, 0.6) is 5.75 Å². The predicted molar refractivity (Wildman–Crippen MR) is 95.7 cm³/mol. The van der Waals surface area contributed by atoms with Crippen molar-refractivity contribution in [3.63, 3.8) is 0 Å². The number of rotatable bonds is 3. The van der Waals surface area contributed by atoms with Crippen molar-refractivity contribution < 1.29 is 4.74 Å². The molecule has 22 heavy (non-hydrogen) atoms. The van der Waals surface area contributed by atoms with E-state index in [2.05, 4.69) is 53.5 Å². The lowest BCUT2D eigenvalue weighted by molar-refractivity contribution is 0.411. The normalized spacial score (nSPS) is 10.6. The number of fused-ring (bicyclic) bond motifs is 1. The van der Waals surface area contributed by atoms with E-state index < -0.39 is 0 Å². The van der Waals surface area contributed by atoms with Gasteiger partial charge in [0.15, 0.2) is 0 Å². The Bertz CT molecular complexity index is 806. The summed E-state index contributed by atoms with van der Waals surface area (Å²) in [6.07, 6.45) is 5.95. The van der Waals surface area contributed by atoms with Gasteiger partial charge in [0, 0.05) is 17.8 Å². The standard InChI is InChI=1S/C19H17NO.ClH/c1-14-13-20-17(12-19(14)21-2)11-10-16-8-5-7-15-6-3-4-9-18(15)16;/h3-13H,1-2H3;1H/b11-10-;. The third-order valence-electron chi connectivity index (χ3n) is 3.55. The van der Waals surface area contributed by atoms with E-state index in [1.165, 1.54) is 16.3 Å². The third kappa shape index (κ3) is 3.29. The van der Waals surface area contributed by atoms with E-state index >= 15 is 0 Å². The van der Waals surface area contributed by atoms with Crippen molar-refractivity contribution in [3.8, 4) is 5.75 Å². The molecular formula is C19H18ClNO. The Balaban J connectivity index is 0.00000176. The molecule has 0 saturated heterocycles. The van der Waals surface area contributed by atoms with Gasteiger partial charge < -0.3 is 4.74 Å². The first-order chi connectivity index (χ1) is 10.3. The van der Waals surface area contributed by atoms with Crippen LogP contribution in [0.4, 0.5) is 0 Å². The van der Waals surface area contributed by atoms with Gasteiger partial charge >= 0.3 is 0 Å². The summed E-state index contributed by atoms with van der Waals surface area (Å²) in [5.41, 5.74) is 3.12. The molecule has 2 aromatic carbocycles. The van der Waals surface area contributed by atoms with Crippen molar-refractivity contribution in [1.29, 1.82) is 0 Å². The predicted octanol–water partition coefficient (Wildman–Crippen LogP) is 5.14. The fourth-order valence-corrected chi connectivity index (χ4v) is 2.40. The monoisotopic (exact) mass is 311 g/mol. The third-order valence-corrected chi connectivity index (χ3v) is 3.55. The van der Waals surface area contributed by atoms with Crippen LogP contribution in [0.15, 0.2) is 54.7 Å². The second-order valence-electron chi connectivity index (χ2n) is 4.98. The largest absolute Gasteiger partial charge is 0.496 e. The maximum absolute atomic E-state index is 5.33. The lowest BCUT2D eigenvalue weighted by Crippen LogP contribution is -1.90. The van der Waals surface area contributed by atoms with Crippen molar-refractivity contribution in [2.24, 2.45) is 0 Å². The van der Waals surface area contributed by atoms with Crippen LogP contribution < -0.4 is 4.74 Å². The van der Waals surface area contributed by atoms with E-state index in [1.54, 1.807) is 7.11 Å². The Morgan fingerprint density at radius 2 is 1.77 bits per heavy atom. The van der Waals surface area contributed by atoms with Gasteiger partial charge in [0.05, 0.1) is 12.8 Å². The van der Waals surface area contributed by atoms with Gasteiger partial charge in [0.1, 0.15) is 5.75 Å². The number of ether oxygens (including phenoxy) is 1. The maximum Gasteiger partial charge on any atom is 0.125 e. The molecular weight excluding hydrogens is 294 g/mol. The van der Waals surface area contributed by atoms with Gasteiger partial charge in [0.2, 0.25) is 0 Å². The number of nitrogens with zero attached hydrogens (tertiary/aromatic N) is 1. The molecule has 0 radical (unpaired) electrons. The van der Waals surface area contributed by atoms with Gasteiger partial charge in [-0.2, -0.15) is 0 Å². The zero-order valence-electron chi connectivity index (χ0n) is 12.6. The molecule has 1 aromatic heterocycles. The molecule has 0 aliphatic carbocycles. The van der Waals surface area contributed by atoms with E-state index in [0.29, 0.717) is 0 Å². The van der Waals surface area contributed by atoms with Crippen LogP contribution in [0.3, 0.4) is 0 Å². The molecule has 0 aliphatic heterocycles. The molecule has 112 valence electrons. The summed E-state index contributed by atoms with van der Waals surface area (Å²) in [5, 5.41) is 2.49. The fraction of sp³-hybridized carbons (Fsp3) is 0.105. The lowest BCUT2D eigenvalue weighted by atomic mass is 10.0. The molecule has 3 aromatic rings. The minimum absolute atomic E-state index is 0. The van der Waals surface area contributed by atoms with Crippen LogP contribution in [0.2, 0.25) is 0 Å². The fourth-order valence-electron chi connectivity index (χ4n) is 2.40. The lowest BCUT2D eigenvalue weighted by Gasteiger charge is -2.05. The second kappa shape index (κ2) is 7.10. The Labute approximate surface area is 136 Å². The summed E-state index contributed by atoms with van der Waals surface area (Å²) in [4.78, 5) is 4.42. The topological polar surface area (TPSA) is 22.1 Å². The van der Waals surface area contributed by atoms with Gasteiger partial charge in [0.25, 0.3) is 0 Å². The average Bonchev–Trinajstić information content (AvgIpc) is 2.54. The molecule has 3 rings (SSSR count). The second-order valence-corrected chi connectivity index (χ2v) is 4.98. The number of benzene rings is 2. The number of hydrogen-bond acceptors (Lipinski definition) is 2. The molecule has 1 heterocycles. The smallest absolute Gasteiger partial charge is 0.125 e. The molecule has 0 spiro atoms. The van der Waals surface area contributed by atoms with Crippen molar-refractivity contribution in [1.82, 2.24) is 4.98 Å². The maximum atomic E-state index is 5.33. The molecule has 2 nitrogen and oxygen atoms in total. The minimum atomic E-state index is 0. The highest BCUT2D eigenvalue weighted by atomic mass is 35.5. The summed E-state index contributed by atoms with van der Waals surface area (Å²) < 4.78 is 5.33. The van der Waals surface area contributed by atoms with E-state index in [1.807, 2.05) is 25.3 Å². The first-order valence-corrected chi connectivity index (χ1v) is 6.94. The highest BCUT2D eigenvalue weighted by Gasteiger charge is 2.00. The van der Waals surface area contributed by atoms with E-state index in [9.17, 15) is 0 Å². The highest BCUT2D eigenvalue weighted by molar-refractivity contribution is 5.92. The quantitative estimate of drug-likeness (QED) is 0.668. The molecule has 0 fully saturated rings. The van der Waals surface area contributed by atoms with Crippen LogP contribution in [0.1, 0.15) is 16.8 Å². The highest BCUT2D eigenvalue weighted by Crippen LogP contribution is 2.22. The number of hydrogen-bond donors (Lipinski definition) is 0. The Kier molecular flexibility index (Phi) is 5.18. The van der Waals surface area contributed by atoms with Crippen molar-refractivity contribution in [3.05, 3.63) is 71.5 Å². The first kappa shape index (κ1) is 16.1. The zero-order valence-corrected chi connectivity index (χ0v) is 13.4. The van der Waals surface area contributed by atoms with Crippen LogP contribution in [-0.4, -0.2) is 12.1 Å². The number of aromatic nitrogens is 1. The first-order valence-electron chi connectivity index (χ1n) is 6.94. The molecule has 0 amide bonds. The van der Waals surface area contributed by atoms with Gasteiger partial charge in [-0.05, 0) is 29.3 Å². The molecule has 0 aliphatic rings. The number of halogens is 1. The Morgan fingerprint density at radius 1 is 1.00 bits per heavy atom. The van der Waals surface area contributed by atoms with Crippen molar-refractivity contribution >= 4 is 35.3 Å². The summed E-state index contributed by atoms with van der Waals surface area (Å²) in [6, 6.07) is 16.7. The summed E-state index contributed by atoms with van der Waals surface area (Å²) in [5.74, 6) is 0.863. The van der Waals surface area contributed by atoms with Gasteiger partial charge in [-0.15, -0.1) is 12.4 Å². The molecule has 3 heteroatoms. The van der Waals surface area contributed by atoms with E-state index in [-0.39, 0.29) is 12.4 Å². The molecule has 0 unspecified atom stereocenters. The molecule has 0 N–H and O–H groups in total. The number of aryl methyl sites for hydroxylation is 1. The average molecular weight is 312 g/mol. The molecule has 0 atom stereocenters. The van der Waals surface area contributed by atoms with Gasteiger partial charge in [-0.3, -0.25) is 4.98 Å². The number of pyridine rings is 1. The summed E-state index contributed by atoms with van der Waals surface area (Å²) in [6.45, 7) is 1.99. The van der Waals surface area contributed by atoms with Crippen molar-refractivity contribution in [2.75, 3.05) is 7.11 Å². The summed E-state index contributed by atoms with van der Waals surface area (Å²) in [7, 11) is 1.68. The minimum Gasteiger partial charge on any atom is -0.496 e. The zero-order chi connectivity index (χ0) is 14.7. The van der Waals surface area contributed by atoms with Gasteiger partial charge in [-0.1, -0.05) is 48.5 Å². The van der Waals surface area contributed by atoms with E-state index in [4.69, 9.17) is 4.74 Å². The van der Waals surface area contributed by atoms with Crippen molar-refractivity contribution in [2.45, 2.75) is 6.92 Å². The van der Waals surface area contributed by atoms with Crippen LogP contribution in [0, 0.1) is 6.92 Å². The summed E-state index contributed by atoms with van der Waals surface area (Å²) >= 11 is 0. The number of methoxy groups -OCH3 is 1. The Morgan fingerprint density at radius 3 is 2.59 bits per heavy atom. The van der Waals surface area contributed by atoms with Crippen LogP contribution in [-0.2, 0) is 0 Å². The molecule has 0 saturated carbocycles. The molecule has 0 bridgehead atoms.